The third kappa shape index (κ3) is 4.79. The average molecular weight is 266 g/mol. The molecule has 0 heterocycles. The van der Waals surface area contributed by atoms with Gasteiger partial charge in [0.05, 0.1) is 19.3 Å². The van der Waals surface area contributed by atoms with E-state index in [-0.39, 0.29) is 18.7 Å². The minimum Gasteiger partial charge on any atom is -0.494 e. The van der Waals surface area contributed by atoms with Gasteiger partial charge in [-0.05, 0) is 25.5 Å². The molecule has 106 valence electrons. The average Bonchev–Trinajstić information content (AvgIpc) is 2.43. The summed E-state index contributed by atoms with van der Waals surface area (Å²) in [5.41, 5.74) is 0.676. The summed E-state index contributed by atoms with van der Waals surface area (Å²) in [4.78, 5) is 13.4. The molecule has 1 unspecified atom stereocenters. The van der Waals surface area contributed by atoms with Crippen LogP contribution in [0.3, 0.4) is 0 Å². The first kappa shape index (κ1) is 15.3. The van der Waals surface area contributed by atoms with Gasteiger partial charge in [0.15, 0.2) is 0 Å². The van der Waals surface area contributed by atoms with Gasteiger partial charge in [-0.3, -0.25) is 0 Å². The van der Waals surface area contributed by atoms with Gasteiger partial charge in [-0.1, -0.05) is 13.0 Å². The molecule has 0 saturated carbocycles. The molecule has 1 aromatic rings. The molecule has 5 nitrogen and oxygen atoms in total. The number of benzene rings is 1. The van der Waals surface area contributed by atoms with Crippen LogP contribution in [-0.2, 0) is 0 Å². The summed E-state index contributed by atoms with van der Waals surface area (Å²) < 4.78 is 5.50. The highest BCUT2D eigenvalue weighted by atomic mass is 16.5. The molecule has 5 heteroatoms. The number of nitrogens with one attached hydrogen (secondary N) is 1. The van der Waals surface area contributed by atoms with Crippen LogP contribution in [0.15, 0.2) is 24.3 Å². The Morgan fingerprint density at radius 1 is 1.53 bits per heavy atom. The quantitative estimate of drug-likeness (QED) is 0.830. The predicted octanol–water partition coefficient (Wildman–Crippen LogP) is 2.32. The number of carbonyl (C=O) groups excluding carboxylic acids is 1. The van der Waals surface area contributed by atoms with Crippen LogP contribution in [0.2, 0.25) is 0 Å². The smallest absolute Gasteiger partial charge is 0.321 e. The fourth-order valence-electron chi connectivity index (χ4n) is 1.42. The second kappa shape index (κ2) is 7.63. The summed E-state index contributed by atoms with van der Waals surface area (Å²) in [6.07, 6.45) is 0.938. The van der Waals surface area contributed by atoms with Crippen LogP contribution < -0.4 is 10.1 Å². The largest absolute Gasteiger partial charge is 0.494 e. The molecule has 19 heavy (non-hydrogen) atoms. The Balaban J connectivity index is 2.63. The van der Waals surface area contributed by atoms with Crippen LogP contribution in [0.1, 0.15) is 20.3 Å². The minimum atomic E-state index is -0.255. The summed E-state index contributed by atoms with van der Waals surface area (Å²) >= 11 is 0. The van der Waals surface area contributed by atoms with Crippen LogP contribution in [0, 0.1) is 0 Å². The number of carbonyl (C=O) groups is 1. The summed E-state index contributed by atoms with van der Waals surface area (Å²) in [6, 6.07) is 6.79. The number of anilines is 1. The number of amides is 2. The third-order valence-corrected chi connectivity index (χ3v) is 2.80. The van der Waals surface area contributed by atoms with Gasteiger partial charge < -0.3 is 20.1 Å². The van der Waals surface area contributed by atoms with Gasteiger partial charge in [-0.2, -0.15) is 0 Å². The van der Waals surface area contributed by atoms with E-state index in [1.165, 1.54) is 4.90 Å². The maximum Gasteiger partial charge on any atom is 0.321 e. The molecule has 1 aromatic carbocycles. The highest BCUT2D eigenvalue weighted by molar-refractivity contribution is 5.89. The van der Waals surface area contributed by atoms with Crippen LogP contribution in [0.5, 0.6) is 5.75 Å². The predicted molar refractivity (Wildman–Crippen MR) is 75.6 cm³/mol. The van der Waals surface area contributed by atoms with Crippen LogP contribution >= 0.6 is 0 Å². The van der Waals surface area contributed by atoms with Crippen molar-refractivity contribution in [3.8, 4) is 5.75 Å². The summed E-state index contributed by atoms with van der Waals surface area (Å²) in [5.74, 6) is 0.734. The SMILES string of the molecule is CCCOc1cccc(NC(=O)N(C)C(C)CO)c1. The first-order valence-electron chi connectivity index (χ1n) is 6.46. The van der Waals surface area contributed by atoms with Crippen molar-refractivity contribution in [3.63, 3.8) is 0 Å². The number of ether oxygens (including phenoxy) is 1. The second-order valence-corrected chi connectivity index (χ2v) is 4.45. The highest BCUT2D eigenvalue weighted by Gasteiger charge is 2.14. The Hall–Kier alpha value is -1.75. The molecular formula is C14H22N2O3. The summed E-state index contributed by atoms with van der Waals surface area (Å²) in [5, 5.41) is 11.8. The lowest BCUT2D eigenvalue weighted by Gasteiger charge is -2.23. The Labute approximate surface area is 114 Å². The molecule has 0 aliphatic rings. The molecule has 0 aliphatic heterocycles. The molecule has 0 radical (unpaired) electrons. The number of aliphatic hydroxyl groups is 1. The zero-order valence-corrected chi connectivity index (χ0v) is 11.7. The maximum absolute atomic E-state index is 11.9. The van der Waals surface area contributed by atoms with Crippen molar-refractivity contribution in [2.24, 2.45) is 0 Å². The zero-order valence-electron chi connectivity index (χ0n) is 11.7. The first-order valence-corrected chi connectivity index (χ1v) is 6.46. The maximum atomic E-state index is 11.9. The zero-order chi connectivity index (χ0) is 14.3. The lowest BCUT2D eigenvalue weighted by molar-refractivity contribution is 0.166. The standard InChI is InChI=1S/C14H22N2O3/c1-4-8-19-13-7-5-6-12(9-13)15-14(18)16(3)11(2)10-17/h5-7,9,11,17H,4,8,10H2,1-3H3,(H,15,18). The molecule has 0 fully saturated rings. The fraction of sp³-hybridized carbons (Fsp3) is 0.500. The molecule has 0 aliphatic carbocycles. The van der Waals surface area contributed by atoms with E-state index in [2.05, 4.69) is 5.32 Å². The van der Waals surface area contributed by atoms with Gasteiger partial charge in [-0.15, -0.1) is 0 Å². The second-order valence-electron chi connectivity index (χ2n) is 4.45. The summed E-state index contributed by atoms with van der Waals surface area (Å²) in [6.45, 7) is 4.40. The number of urea groups is 1. The normalized spacial score (nSPS) is 11.8. The van der Waals surface area contributed by atoms with Crippen molar-refractivity contribution in [3.05, 3.63) is 24.3 Å². The first-order chi connectivity index (χ1) is 9.08. The molecule has 0 saturated heterocycles. The Kier molecular flexibility index (Phi) is 6.15. The topological polar surface area (TPSA) is 61.8 Å². The van der Waals surface area contributed by atoms with Gasteiger partial charge in [0.1, 0.15) is 5.75 Å². The third-order valence-electron chi connectivity index (χ3n) is 2.80. The molecule has 1 atom stereocenters. The number of nitrogens with zero attached hydrogens (tertiary/aromatic N) is 1. The van der Waals surface area contributed by atoms with Gasteiger partial charge in [0.2, 0.25) is 0 Å². The molecule has 2 N–H and O–H groups in total. The molecule has 0 aromatic heterocycles. The fourth-order valence-corrected chi connectivity index (χ4v) is 1.42. The van der Waals surface area contributed by atoms with E-state index in [1.54, 1.807) is 26.1 Å². The number of likely N-dealkylation sites (N-methyl/N-ethyl adjacent to an activating group) is 1. The Morgan fingerprint density at radius 3 is 2.89 bits per heavy atom. The lowest BCUT2D eigenvalue weighted by atomic mass is 10.3. The van der Waals surface area contributed by atoms with E-state index in [0.717, 1.165) is 12.2 Å². The molecular weight excluding hydrogens is 244 g/mol. The number of rotatable bonds is 6. The van der Waals surface area contributed by atoms with Gasteiger partial charge in [0.25, 0.3) is 0 Å². The van der Waals surface area contributed by atoms with Gasteiger partial charge in [0, 0.05) is 18.8 Å². The van der Waals surface area contributed by atoms with E-state index in [1.807, 2.05) is 19.1 Å². The van der Waals surface area contributed by atoms with E-state index >= 15 is 0 Å². The Morgan fingerprint density at radius 2 is 2.26 bits per heavy atom. The number of hydrogen-bond donors (Lipinski definition) is 2. The molecule has 1 rings (SSSR count). The van der Waals surface area contributed by atoms with E-state index in [0.29, 0.717) is 12.3 Å². The van der Waals surface area contributed by atoms with Crippen LogP contribution in [0.4, 0.5) is 10.5 Å². The van der Waals surface area contributed by atoms with Crippen LogP contribution in [0.25, 0.3) is 0 Å². The number of hydrogen-bond acceptors (Lipinski definition) is 3. The number of aliphatic hydroxyl groups excluding tert-OH is 1. The van der Waals surface area contributed by atoms with Crippen molar-refractivity contribution < 1.29 is 14.6 Å². The molecule has 0 spiro atoms. The minimum absolute atomic E-state index is 0.0659. The van der Waals surface area contributed by atoms with Crippen molar-refractivity contribution in [1.29, 1.82) is 0 Å². The van der Waals surface area contributed by atoms with Crippen molar-refractivity contribution in [2.45, 2.75) is 26.3 Å². The van der Waals surface area contributed by atoms with Crippen molar-refractivity contribution in [1.82, 2.24) is 4.90 Å². The van der Waals surface area contributed by atoms with E-state index < -0.39 is 0 Å². The van der Waals surface area contributed by atoms with Gasteiger partial charge in [-0.25, -0.2) is 4.79 Å². The monoisotopic (exact) mass is 266 g/mol. The lowest BCUT2D eigenvalue weighted by Crippen LogP contribution is -2.40. The Bertz CT molecular complexity index is 409. The summed E-state index contributed by atoms with van der Waals surface area (Å²) in [7, 11) is 1.65. The molecule has 2 amide bonds. The highest BCUT2D eigenvalue weighted by Crippen LogP contribution is 2.18. The van der Waals surface area contributed by atoms with Crippen LogP contribution in [-0.4, -0.2) is 42.3 Å². The van der Waals surface area contributed by atoms with E-state index in [9.17, 15) is 4.79 Å². The van der Waals surface area contributed by atoms with Crippen molar-refractivity contribution >= 4 is 11.7 Å². The van der Waals surface area contributed by atoms with Gasteiger partial charge >= 0.3 is 6.03 Å². The van der Waals surface area contributed by atoms with Crippen molar-refractivity contribution in [2.75, 3.05) is 25.6 Å². The van der Waals surface area contributed by atoms with E-state index in [4.69, 9.17) is 9.84 Å². The molecule has 0 bridgehead atoms.